The summed E-state index contributed by atoms with van der Waals surface area (Å²) in [6.07, 6.45) is 10.9. The van der Waals surface area contributed by atoms with Gasteiger partial charge in [-0.05, 0) is 100 Å². The molecule has 0 amide bonds. The highest BCUT2D eigenvalue weighted by molar-refractivity contribution is 7.92. The number of anilines is 1. The molecule has 2 aromatic rings. The molecule has 3 rings (SSSR count). The van der Waals surface area contributed by atoms with Gasteiger partial charge in [-0.15, -0.1) is 0 Å². The molecule has 0 radical (unpaired) electrons. The SMILES string of the molecule is CCCN(CCCCCCNCCc1ccc(NS(C)(=O)=O)cc1)C1CCc2c(ccc(O)c2O)C1. The van der Waals surface area contributed by atoms with Crippen molar-refractivity contribution in [1.82, 2.24) is 10.2 Å². The molecule has 0 fully saturated rings. The van der Waals surface area contributed by atoms with Crippen LogP contribution in [0.1, 0.15) is 62.1 Å². The highest BCUT2D eigenvalue weighted by Gasteiger charge is 2.26. The molecule has 1 aliphatic rings. The first-order valence-electron chi connectivity index (χ1n) is 13.3. The maximum atomic E-state index is 11.3. The Balaban J connectivity index is 1.28. The lowest BCUT2D eigenvalue weighted by molar-refractivity contribution is 0.175. The zero-order chi connectivity index (χ0) is 26.0. The first kappa shape index (κ1) is 28.3. The summed E-state index contributed by atoms with van der Waals surface area (Å²) in [6.45, 7) is 6.40. The smallest absolute Gasteiger partial charge is 0.229 e. The molecule has 1 aliphatic carbocycles. The van der Waals surface area contributed by atoms with Crippen molar-refractivity contribution in [2.24, 2.45) is 0 Å². The summed E-state index contributed by atoms with van der Waals surface area (Å²) in [6, 6.07) is 11.6. The number of hydrogen-bond acceptors (Lipinski definition) is 6. The minimum absolute atomic E-state index is 0.00903. The van der Waals surface area contributed by atoms with Crippen molar-refractivity contribution in [2.75, 3.05) is 37.2 Å². The van der Waals surface area contributed by atoms with E-state index in [0.717, 1.165) is 70.1 Å². The van der Waals surface area contributed by atoms with Crippen molar-refractivity contribution >= 4 is 15.7 Å². The Morgan fingerprint density at radius 1 is 0.972 bits per heavy atom. The summed E-state index contributed by atoms with van der Waals surface area (Å²) in [4.78, 5) is 2.63. The van der Waals surface area contributed by atoms with Gasteiger partial charge < -0.3 is 20.4 Å². The number of phenolic OH excluding ortho intramolecular Hbond substituents is 2. The number of nitrogens with zero attached hydrogens (tertiary/aromatic N) is 1. The largest absolute Gasteiger partial charge is 0.504 e. The van der Waals surface area contributed by atoms with E-state index in [2.05, 4.69) is 21.9 Å². The van der Waals surface area contributed by atoms with Gasteiger partial charge in [0.15, 0.2) is 11.5 Å². The van der Waals surface area contributed by atoms with E-state index in [1.54, 1.807) is 18.2 Å². The van der Waals surface area contributed by atoms with Crippen molar-refractivity contribution in [3.05, 3.63) is 53.1 Å². The van der Waals surface area contributed by atoms with E-state index in [0.29, 0.717) is 11.7 Å². The molecule has 0 heterocycles. The Morgan fingerprint density at radius 2 is 1.72 bits per heavy atom. The summed E-state index contributed by atoms with van der Waals surface area (Å²) in [5.41, 5.74) is 3.89. The van der Waals surface area contributed by atoms with Gasteiger partial charge in [0.1, 0.15) is 0 Å². The molecule has 7 nitrogen and oxygen atoms in total. The van der Waals surface area contributed by atoms with E-state index in [1.165, 1.54) is 36.8 Å². The Labute approximate surface area is 217 Å². The molecule has 0 spiro atoms. The molecule has 1 atom stereocenters. The van der Waals surface area contributed by atoms with Crippen molar-refractivity contribution in [1.29, 1.82) is 0 Å². The van der Waals surface area contributed by atoms with E-state index < -0.39 is 10.0 Å². The van der Waals surface area contributed by atoms with Crippen LogP contribution in [0.2, 0.25) is 0 Å². The topological polar surface area (TPSA) is 102 Å². The second-order valence-electron chi connectivity index (χ2n) is 9.99. The molecule has 0 saturated carbocycles. The van der Waals surface area contributed by atoms with Crippen LogP contribution in [0, 0.1) is 0 Å². The third kappa shape index (κ3) is 8.98. The number of unbranched alkanes of at least 4 members (excludes halogenated alkanes) is 3. The van der Waals surface area contributed by atoms with Gasteiger partial charge in [-0.25, -0.2) is 8.42 Å². The van der Waals surface area contributed by atoms with Crippen LogP contribution in [0.25, 0.3) is 0 Å². The van der Waals surface area contributed by atoms with Crippen LogP contribution in [0.5, 0.6) is 11.5 Å². The van der Waals surface area contributed by atoms with E-state index in [-0.39, 0.29) is 11.5 Å². The fraction of sp³-hybridized carbons (Fsp3) is 0.571. The standard InChI is InChI=1S/C28H43N3O4S/c1-3-19-31(25-13-14-26-23(21-25)10-15-27(32)28(26)33)20-7-5-4-6-17-29-18-16-22-8-11-24(12-9-22)30-36(2,34)35/h8-12,15,25,29-30,32-33H,3-7,13-14,16-21H2,1-2H3. The zero-order valence-corrected chi connectivity index (χ0v) is 22.6. The molecular formula is C28H43N3O4S. The number of rotatable bonds is 15. The number of aromatic hydroxyl groups is 2. The van der Waals surface area contributed by atoms with Crippen molar-refractivity contribution < 1.29 is 18.6 Å². The van der Waals surface area contributed by atoms with Crippen LogP contribution >= 0.6 is 0 Å². The van der Waals surface area contributed by atoms with Gasteiger partial charge in [0, 0.05) is 17.3 Å². The number of sulfonamides is 1. The third-order valence-electron chi connectivity index (χ3n) is 6.97. The van der Waals surface area contributed by atoms with Gasteiger partial charge in [-0.2, -0.15) is 0 Å². The van der Waals surface area contributed by atoms with Crippen LogP contribution < -0.4 is 10.0 Å². The lowest BCUT2D eigenvalue weighted by Crippen LogP contribution is -2.40. The number of benzene rings is 2. The van der Waals surface area contributed by atoms with Crippen molar-refractivity contribution in [3.63, 3.8) is 0 Å². The molecule has 0 bridgehead atoms. The van der Waals surface area contributed by atoms with Crippen LogP contribution in [-0.2, 0) is 29.3 Å². The van der Waals surface area contributed by atoms with E-state index >= 15 is 0 Å². The van der Waals surface area contributed by atoms with Crippen LogP contribution in [0.4, 0.5) is 5.69 Å². The second-order valence-corrected chi connectivity index (χ2v) is 11.7. The van der Waals surface area contributed by atoms with Crippen molar-refractivity contribution in [2.45, 2.75) is 70.8 Å². The number of phenols is 2. The number of hydrogen-bond donors (Lipinski definition) is 4. The first-order valence-corrected chi connectivity index (χ1v) is 15.2. The summed E-state index contributed by atoms with van der Waals surface area (Å²) < 4.78 is 25.0. The monoisotopic (exact) mass is 517 g/mol. The van der Waals surface area contributed by atoms with Crippen LogP contribution in [0.3, 0.4) is 0 Å². The summed E-state index contributed by atoms with van der Waals surface area (Å²) in [5, 5.41) is 23.5. The predicted octanol–water partition coefficient (Wildman–Crippen LogP) is 4.43. The molecule has 2 aromatic carbocycles. The molecule has 200 valence electrons. The summed E-state index contributed by atoms with van der Waals surface area (Å²) in [7, 11) is -3.23. The lowest BCUT2D eigenvalue weighted by atomic mass is 9.86. The van der Waals surface area contributed by atoms with E-state index in [1.807, 2.05) is 18.2 Å². The maximum absolute atomic E-state index is 11.3. The molecule has 1 unspecified atom stereocenters. The fourth-order valence-corrected chi connectivity index (χ4v) is 5.67. The van der Waals surface area contributed by atoms with Gasteiger partial charge in [0.2, 0.25) is 10.0 Å². The maximum Gasteiger partial charge on any atom is 0.229 e. The van der Waals surface area contributed by atoms with Gasteiger partial charge in [-0.1, -0.05) is 38.0 Å². The van der Waals surface area contributed by atoms with Crippen molar-refractivity contribution in [3.8, 4) is 11.5 Å². The van der Waals surface area contributed by atoms with Gasteiger partial charge in [0.05, 0.1) is 6.26 Å². The van der Waals surface area contributed by atoms with E-state index in [9.17, 15) is 18.6 Å². The molecule has 0 saturated heterocycles. The van der Waals surface area contributed by atoms with E-state index in [4.69, 9.17) is 0 Å². The Bertz CT molecular complexity index is 1060. The van der Waals surface area contributed by atoms with Crippen LogP contribution in [0.15, 0.2) is 36.4 Å². The highest BCUT2D eigenvalue weighted by Crippen LogP contribution is 2.36. The summed E-state index contributed by atoms with van der Waals surface area (Å²) in [5.74, 6) is 0.0617. The molecule has 8 heteroatoms. The summed E-state index contributed by atoms with van der Waals surface area (Å²) >= 11 is 0. The average Bonchev–Trinajstić information content (AvgIpc) is 2.84. The van der Waals surface area contributed by atoms with Gasteiger partial charge >= 0.3 is 0 Å². The quantitative estimate of drug-likeness (QED) is 0.206. The Hall–Kier alpha value is -2.29. The number of nitrogens with one attached hydrogen (secondary N) is 2. The molecule has 0 aromatic heterocycles. The van der Waals surface area contributed by atoms with Gasteiger partial charge in [-0.3, -0.25) is 4.72 Å². The highest BCUT2D eigenvalue weighted by atomic mass is 32.2. The normalized spacial score (nSPS) is 15.7. The van der Waals surface area contributed by atoms with Crippen LogP contribution in [-0.4, -0.2) is 62.0 Å². The average molecular weight is 518 g/mol. The number of fused-ring (bicyclic) bond motifs is 1. The third-order valence-corrected chi connectivity index (χ3v) is 7.57. The fourth-order valence-electron chi connectivity index (χ4n) is 5.11. The minimum atomic E-state index is -3.23. The Kier molecular flexibility index (Phi) is 10.9. The minimum Gasteiger partial charge on any atom is -0.504 e. The predicted molar refractivity (Wildman–Crippen MR) is 147 cm³/mol. The zero-order valence-electron chi connectivity index (χ0n) is 21.8. The first-order chi connectivity index (χ1) is 17.3. The molecule has 0 aliphatic heterocycles. The molecular weight excluding hydrogens is 474 g/mol. The molecule has 4 N–H and O–H groups in total. The molecule has 36 heavy (non-hydrogen) atoms. The lowest BCUT2D eigenvalue weighted by Gasteiger charge is -2.35. The Morgan fingerprint density at radius 3 is 2.44 bits per heavy atom. The second kappa shape index (κ2) is 13.9. The van der Waals surface area contributed by atoms with Gasteiger partial charge in [0.25, 0.3) is 0 Å².